The number of aromatic nitrogens is 1. The first kappa shape index (κ1) is 12.5. The van der Waals surface area contributed by atoms with Crippen LogP contribution in [-0.2, 0) is 27.1 Å². The number of nitrogens with one attached hydrogen (secondary N) is 1. The molecular weight excluding hydrogens is 240 g/mol. The van der Waals surface area contributed by atoms with Crippen molar-refractivity contribution in [2.45, 2.75) is 19.3 Å². The summed E-state index contributed by atoms with van der Waals surface area (Å²) in [7, 11) is 1.60. The minimum atomic E-state index is -0.159. The number of amides is 1. The van der Waals surface area contributed by atoms with E-state index in [0.29, 0.717) is 18.3 Å². The van der Waals surface area contributed by atoms with Gasteiger partial charge in [-0.15, -0.1) is 11.3 Å². The molecule has 0 spiro atoms. The Kier molecular flexibility index (Phi) is 4.47. The Morgan fingerprint density at radius 3 is 3.12 bits per heavy atom. The van der Waals surface area contributed by atoms with Crippen LogP contribution in [0.2, 0.25) is 0 Å². The van der Waals surface area contributed by atoms with Crippen molar-refractivity contribution in [3.63, 3.8) is 0 Å². The molecule has 1 amide bonds. The van der Waals surface area contributed by atoms with Crippen LogP contribution >= 0.6 is 11.3 Å². The van der Waals surface area contributed by atoms with Gasteiger partial charge < -0.3 is 9.47 Å². The summed E-state index contributed by atoms with van der Waals surface area (Å²) in [6, 6.07) is 0. The maximum absolute atomic E-state index is 11.5. The highest BCUT2D eigenvalue weighted by molar-refractivity contribution is 7.15. The Morgan fingerprint density at radius 1 is 1.47 bits per heavy atom. The van der Waals surface area contributed by atoms with Gasteiger partial charge in [-0.1, -0.05) is 0 Å². The van der Waals surface area contributed by atoms with E-state index in [1.165, 1.54) is 11.3 Å². The molecule has 0 atom stereocenters. The van der Waals surface area contributed by atoms with Crippen molar-refractivity contribution in [1.82, 2.24) is 4.98 Å². The zero-order chi connectivity index (χ0) is 12.1. The van der Waals surface area contributed by atoms with Gasteiger partial charge >= 0.3 is 0 Å². The van der Waals surface area contributed by atoms with Crippen molar-refractivity contribution in [2.75, 3.05) is 32.2 Å². The molecule has 94 valence electrons. The number of hydrogen-bond donors (Lipinski definition) is 1. The average Bonchev–Trinajstić information content (AvgIpc) is 2.84. The number of anilines is 1. The Hall–Kier alpha value is -0.980. The monoisotopic (exact) mass is 256 g/mol. The Labute approximate surface area is 104 Å². The van der Waals surface area contributed by atoms with Crippen LogP contribution in [0.3, 0.4) is 0 Å². The summed E-state index contributed by atoms with van der Waals surface area (Å²) in [4.78, 5) is 17.2. The second-order valence-electron chi connectivity index (χ2n) is 3.84. The number of aryl methyl sites for hydroxylation is 2. The molecule has 17 heavy (non-hydrogen) atoms. The number of fused-ring (bicyclic) bond motifs is 1. The molecule has 0 bridgehead atoms. The second kappa shape index (κ2) is 6.09. The standard InChI is InChI=1S/C11H16N2O3S/c1-15-5-6-16-7-10(14)13-11-12-8-3-2-4-9(8)17-11/h2-7H2,1H3,(H,12,13,14). The van der Waals surface area contributed by atoms with Gasteiger partial charge in [-0.2, -0.15) is 0 Å². The highest BCUT2D eigenvalue weighted by Crippen LogP contribution is 2.30. The average molecular weight is 256 g/mol. The summed E-state index contributed by atoms with van der Waals surface area (Å²) in [6.07, 6.45) is 3.31. The number of carbonyl (C=O) groups excluding carboxylic acids is 1. The Morgan fingerprint density at radius 2 is 2.35 bits per heavy atom. The first-order valence-electron chi connectivity index (χ1n) is 5.64. The van der Waals surface area contributed by atoms with Crippen molar-refractivity contribution in [2.24, 2.45) is 0 Å². The predicted octanol–water partition coefficient (Wildman–Crippen LogP) is 1.23. The predicted molar refractivity (Wildman–Crippen MR) is 65.5 cm³/mol. The van der Waals surface area contributed by atoms with E-state index in [9.17, 15) is 4.79 Å². The minimum absolute atomic E-state index is 0.0492. The van der Waals surface area contributed by atoms with Crippen molar-refractivity contribution < 1.29 is 14.3 Å². The number of hydrogen-bond acceptors (Lipinski definition) is 5. The molecule has 1 aliphatic carbocycles. The Bertz CT molecular complexity index is 371. The third kappa shape index (κ3) is 3.49. The van der Waals surface area contributed by atoms with E-state index in [4.69, 9.17) is 9.47 Å². The first-order valence-corrected chi connectivity index (χ1v) is 6.46. The van der Waals surface area contributed by atoms with E-state index in [1.54, 1.807) is 18.4 Å². The molecule has 0 fully saturated rings. The van der Waals surface area contributed by atoms with Gasteiger partial charge in [-0.3, -0.25) is 10.1 Å². The van der Waals surface area contributed by atoms with E-state index in [2.05, 4.69) is 10.3 Å². The Balaban J connectivity index is 1.74. The normalized spacial score (nSPS) is 13.7. The maximum Gasteiger partial charge on any atom is 0.252 e. The van der Waals surface area contributed by atoms with Crippen LogP contribution in [0, 0.1) is 0 Å². The molecule has 0 unspecified atom stereocenters. The van der Waals surface area contributed by atoms with Gasteiger partial charge in [0.25, 0.3) is 5.91 Å². The quantitative estimate of drug-likeness (QED) is 0.778. The van der Waals surface area contributed by atoms with Gasteiger partial charge in [0.05, 0.1) is 18.9 Å². The van der Waals surface area contributed by atoms with Crippen LogP contribution in [-0.4, -0.2) is 37.8 Å². The number of rotatable bonds is 6. The van der Waals surface area contributed by atoms with Gasteiger partial charge in [0, 0.05) is 12.0 Å². The lowest BCUT2D eigenvalue weighted by Gasteiger charge is -2.03. The van der Waals surface area contributed by atoms with Crippen LogP contribution in [0.1, 0.15) is 17.0 Å². The van der Waals surface area contributed by atoms with Crippen LogP contribution < -0.4 is 5.32 Å². The third-order valence-electron chi connectivity index (χ3n) is 2.51. The van der Waals surface area contributed by atoms with Crippen LogP contribution in [0.5, 0.6) is 0 Å². The van der Waals surface area contributed by atoms with Crippen molar-refractivity contribution >= 4 is 22.4 Å². The van der Waals surface area contributed by atoms with Crippen molar-refractivity contribution in [3.8, 4) is 0 Å². The number of thiazole rings is 1. The number of nitrogens with zero attached hydrogens (tertiary/aromatic N) is 1. The molecule has 2 rings (SSSR count). The molecule has 0 radical (unpaired) electrons. The molecule has 5 nitrogen and oxygen atoms in total. The van der Waals surface area contributed by atoms with E-state index < -0.39 is 0 Å². The van der Waals surface area contributed by atoms with Gasteiger partial charge in [-0.05, 0) is 19.3 Å². The molecule has 1 aromatic heterocycles. The molecule has 0 saturated heterocycles. The van der Waals surface area contributed by atoms with Crippen LogP contribution in [0.15, 0.2) is 0 Å². The van der Waals surface area contributed by atoms with Gasteiger partial charge in [0.2, 0.25) is 0 Å². The summed E-state index contributed by atoms with van der Waals surface area (Å²) < 4.78 is 9.94. The summed E-state index contributed by atoms with van der Waals surface area (Å²) in [5.41, 5.74) is 1.14. The topological polar surface area (TPSA) is 60.5 Å². The summed E-state index contributed by atoms with van der Waals surface area (Å²) in [5.74, 6) is -0.159. The van der Waals surface area contributed by atoms with Crippen LogP contribution in [0.25, 0.3) is 0 Å². The van der Waals surface area contributed by atoms with Crippen molar-refractivity contribution in [1.29, 1.82) is 0 Å². The fourth-order valence-electron chi connectivity index (χ4n) is 1.71. The molecule has 1 heterocycles. The summed E-state index contributed by atoms with van der Waals surface area (Å²) >= 11 is 1.57. The van der Waals surface area contributed by atoms with Gasteiger partial charge in [0.1, 0.15) is 6.61 Å². The molecule has 0 aromatic carbocycles. The molecule has 6 heteroatoms. The fourth-order valence-corrected chi connectivity index (χ4v) is 2.77. The van der Waals surface area contributed by atoms with Crippen molar-refractivity contribution in [3.05, 3.63) is 10.6 Å². The lowest BCUT2D eigenvalue weighted by atomic mass is 10.4. The summed E-state index contributed by atoms with van der Waals surface area (Å²) in [6.45, 7) is 0.977. The first-order chi connectivity index (χ1) is 8.29. The third-order valence-corrected chi connectivity index (χ3v) is 3.58. The molecule has 0 saturated carbocycles. The zero-order valence-corrected chi connectivity index (χ0v) is 10.6. The minimum Gasteiger partial charge on any atom is -0.382 e. The van der Waals surface area contributed by atoms with E-state index in [0.717, 1.165) is 18.5 Å². The lowest BCUT2D eigenvalue weighted by Crippen LogP contribution is -2.19. The molecule has 1 N–H and O–H groups in total. The smallest absolute Gasteiger partial charge is 0.252 e. The van der Waals surface area contributed by atoms with E-state index in [-0.39, 0.29) is 12.5 Å². The largest absolute Gasteiger partial charge is 0.382 e. The van der Waals surface area contributed by atoms with Gasteiger partial charge in [-0.25, -0.2) is 4.98 Å². The molecule has 0 aliphatic heterocycles. The number of methoxy groups -OCH3 is 1. The summed E-state index contributed by atoms with van der Waals surface area (Å²) in [5, 5.41) is 3.44. The van der Waals surface area contributed by atoms with E-state index >= 15 is 0 Å². The van der Waals surface area contributed by atoms with E-state index in [1.807, 2.05) is 0 Å². The second-order valence-corrected chi connectivity index (χ2v) is 4.92. The zero-order valence-electron chi connectivity index (χ0n) is 9.82. The lowest BCUT2D eigenvalue weighted by molar-refractivity contribution is -0.121. The van der Waals surface area contributed by atoms with Gasteiger partial charge in [0.15, 0.2) is 5.13 Å². The maximum atomic E-state index is 11.5. The molecule has 1 aromatic rings. The highest BCUT2D eigenvalue weighted by atomic mass is 32.1. The highest BCUT2D eigenvalue weighted by Gasteiger charge is 2.17. The molecular formula is C11H16N2O3S. The SMILES string of the molecule is COCCOCC(=O)Nc1nc2c(s1)CCC2. The van der Waals surface area contributed by atoms with Crippen LogP contribution in [0.4, 0.5) is 5.13 Å². The fraction of sp³-hybridized carbons (Fsp3) is 0.636. The number of ether oxygens (including phenoxy) is 2. The number of carbonyl (C=O) groups is 1. The molecule has 1 aliphatic rings.